The first-order valence-corrected chi connectivity index (χ1v) is 8.43. The van der Waals surface area contributed by atoms with Gasteiger partial charge in [-0.2, -0.15) is 4.98 Å². The molecule has 0 aliphatic rings. The summed E-state index contributed by atoms with van der Waals surface area (Å²) < 4.78 is 5.25. The average Bonchev–Trinajstić information content (AvgIpc) is 3.07. The van der Waals surface area contributed by atoms with Crippen LogP contribution >= 0.6 is 34.8 Å². The van der Waals surface area contributed by atoms with Crippen LogP contribution in [0.2, 0.25) is 10.0 Å². The van der Waals surface area contributed by atoms with Crippen molar-refractivity contribution in [1.82, 2.24) is 15.1 Å². The zero-order valence-electron chi connectivity index (χ0n) is 12.7. The van der Waals surface area contributed by atoms with E-state index in [1.54, 1.807) is 24.3 Å². The zero-order valence-corrected chi connectivity index (χ0v) is 14.9. The van der Waals surface area contributed by atoms with Gasteiger partial charge in [0.05, 0.1) is 16.5 Å². The van der Waals surface area contributed by atoms with Crippen LogP contribution in [0, 0.1) is 0 Å². The van der Waals surface area contributed by atoms with Gasteiger partial charge in [-0.15, -0.1) is 11.6 Å². The molecule has 3 rings (SSSR count). The van der Waals surface area contributed by atoms with Gasteiger partial charge in [-0.05, 0) is 29.8 Å². The van der Waals surface area contributed by atoms with Crippen molar-refractivity contribution in [2.75, 3.05) is 11.2 Å². The highest BCUT2D eigenvalue weighted by Gasteiger charge is 2.11. The molecule has 0 aliphatic heterocycles. The van der Waals surface area contributed by atoms with Gasteiger partial charge >= 0.3 is 0 Å². The van der Waals surface area contributed by atoms with Crippen molar-refractivity contribution in [3.8, 4) is 11.4 Å². The van der Waals surface area contributed by atoms with E-state index in [0.29, 0.717) is 39.6 Å². The molecule has 1 aromatic carbocycles. The number of hydrogen-bond donors (Lipinski definition) is 1. The van der Waals surface area contributed by atoms with Crippen molar-refractivity contribution in [3.63, 3.8) is 0 Å². The number of anilines is 1. The summed E-state index contributed by atoms with van der Waals surface area (Å²) in [6.07, 6.45) is 1.97. The van der Waals surface area contributed by atoms with Crippen LogP contribution in [-0.4, -0.2) is 26.9 Å². The number of rotatable bonds is 5. The number of nitrogens with one attached hydrogen (secondary N) is 1. The van der Waals surface area contributed by atoms with Crippen LogP contribution in [0.25, 0.3) is 11.4 Å². The lowest BCUT2D eigenvalue weighted by molar-refractivity contribution is -0.113. The Kier molecular flexibility index (Phi) is 5.53. The van der Waals surface area contributed by atoms with E-state index in [1.807, 2.05) is 6.07 Å². The maximum Gasteiger partial charge on any atom is 0.240 e. The Morgan fingerprint density at radius 1 is 1.16 bits per heavy atom. The average molecular weight is 398 g/mol. The van der Waals surface area contributed by atoms with Crippen LogP contribution in [0.4, 0.5) is 5.82 Å². The minimum Gasteiger partial charge on any atom is -0.339 e. The van der Waals surface area contributed by atoms with Gasteiger partial charge in [0.1, 0.15) is 11.7 Å². The molecule has 6 nitrogen and oxygen atoms in total. The van der Waals surface area contributed by atoms with E-state index < -0.39 is 0 Å². The molecule has 0 saturated carbocycles. The number of benzene rings is 1. The molecule has 3 aromatic rings. The number of amides is 1. The number of alkyl halides is 1. The predicted molar refractivity (Wildman–Crippen MR) is 96.1 cm³/mol. The van der Waals surface area contributed by atoms with Crippen molar-refractivity contribution in [2.24, 2.45) is 0 Å². The third-order valence-electron chi connectivity index (χ3n) is 3.22. The van der Waals surface area contributed by atoms with Crippen LogP contribution in [0.1, 0.15) is 11.5 Å². The van der Waals surface area contributed by atoms with Crippen LogP contribution in [-0.2, 0) is 11.2 Å². The van der Waals surface area contributed by atoms with E-state index in [2.05, 4.69) is 20.4 Å². The van der Waals surface area contributed by atoms with Gasteiger partial charge in [0.15, 0.2) is 0 Å². The number of pyridine rings is 1. The van der Waals surface area contributed by atoms with Gasteiger partial charge < -0.3 is 9.84 Å². The molecule has 9 heteroatoms. The summed E-state index contributed by atoms with van der Waals surface area (Å²) in [4.78, 5) is 19.7. The minimum atomic E-state index is -0.328. The first-order valence-electron chi connectivity index (χ1n) is 7.14. The summed E-state index contributed by atoms with van der Waals surface area (Å²) in [7, 11) is 0. The van der Waals surface area contributed by atoms with Crippen molar-refractivity contribution >= 4 is 46.5 Å². The maximum atomic E-state index is 11.2. The van der Waals surface area contributed by atoms with Gasteiger partial charge in [-0.25, -0.2) is 4.98 Å². The van der Waals surface area contributed by atoms with Crippen molar-refractivity contribution < 1.29 is 9.32 Å². The molecular formula is C16H11Cl3N4O2. The fourth-order valence-electron chi connectivity index (χ4n) is 2.04. The highest BCUT2D eigenvalue weighted by Crippen LogP contribution is 2.24. The SMILES string of the molecule is O=C(CCl)Nc1ccc(-c2noc(Cc3ccc(Cl)c(Cl)c3)n2)cn1. The summed E-state index contributed by atoms with van der Waals surface area (Å²) in [5, 5.41) is 7.44. The van der Waals surface area contributed by atoms with Crippen LogP contribution in [0.3, 0.4) is 0 Å². The first-order chi connectivity index (χ1) is 12.0. The molecule has 0 saturated heterocycles. The molecule has 1 N–H and O–H groups in total. The minimum absolute atomic E-state index is 0.133. The Hall–Kier alpha value is -2.15. The van der Waals surface area contributed by atoms with E-state index in [1.165, 1.54) is 6.20 Å². The van der Waals surface area contributed by atoms with Gasteiger partial charge in [0.25, 0.3) is 0 Å². The fraction of sp³-hybridized carbons (Fsp3) is 0.125. The summed E-state index contributed by atoms with van der Waals surface area (Å²) in [5.41, 5.74) is 1.56. The summed E-state index contributed by atoms with van der Waals surface area (Å²) in [6, 6.07) is 8.67. The smallest absolute Gasteiger partial charge is 0.240 e. The van der Waals surface area contributed by atoms with E-state index in [4.69, 9.17) is 39.3 Å². The van der Waals surface area contributed by atoms with Gasteiger partial charge in [0.2, 0.25) is 17.6 Å². The van der Waals surface area contributed by atoms with Gasteiger partial charge in [-0.1, -0.05) is 34.4 Å². The lowest BCUT2D eigenvalue weighted by Gasteiger charge is -2.01. The number of aromatic nitrogens is 3. The Morgan fingerprint density at radius 2 is 2.00 bits per heavy atom. The zero-order chi connectivity index (χ0) is 17.8. The molecule has 1 amide bonds. The van der Waals surface area contributed by atoms with Crippen LogP contribution in [0.5, 0.6) is 0 Å². The standard InChI is InChI=1S/C16H11Cl3N4O2/c17-7-14(24)21-13-4-2-10(8-20-13)16-22-15(25-23-16)6-9-1-3-11(18)12(19)5-9/h1-5,8H,6-7H2,(H,20,21,24). The number of halogens is 3. The monoisotopic (exact) mass is 396 g/mol. The normalized spacial score (nSPS) is 10.7. The molecule has 0 fully saturated rings. The van der Waals surface area contributed by atoms with Crippen molar-refractivity contribution in [3.05, 3.63) is 58.0 Å². The molecule has 0 atom stereocenters. The number of nitrogens with zero attached hydrogens (tertiary/aromatic N) is 3. The number of hydrogen-bond acceptors (Lipinski definition) is 5. The Bertz CT molecular complexity index is 897. The second-order valence-corrected chi connectivity index (χ2v) is 6.13. The number of carbonyl (C=O) groups is 1. The van der Waals surface area contributed by atoms with Crippen molar-refractivity contribution in [2.45, 2.75) is 6.42 Å². The molecule has 25 heavy (non-hydrogen) atoms. The third kappa shape index (κ3) is 4.48. The van der Waals surface area contributed by atoms with Gasteiger partial charge in [0, 0.05) is 11.8 Å². The molecule has 0 radical (unpaired) electrons. The summed E-state index contributed by atoms with van der Waals surface area (Å²) in [6.45, 7) is 0. The highest BCUT2D eigenvalue weighted by molar-refractivity contribution is 6.42. The molecule has 128 valence electrons. The van der Waals surface area contributed by atoms with E-state index in [9.17, 15) is 4.79 Å². The van der Waals surface area contributed by atoms with E-state index >= 15 is 0 Å². The van der Waals surface area contributed by atoms with E-state index in [-0.39, 0.29) is 11.8 Å². The largest absolute Gasteiger partial charge is 0.339 e. The Labute approximate surface area is 158 Å². The molecule has 0 bridgehead atoms. The lowest BCUT2D eigenvalue weighted by Crippen LogP contribution is -2.13. The fourth-order valence-corrected chi connectivity index (χ4v) is 2.43. The Balaban J connectivity index is 1.72. The quantitative estimate of drug-likeness (QED) is 0.652. The second-order valence-electron chi connectivity index (χ2n) is 5.05. The molecule has 2 aromatic heterocycles. The molecular weight excluding hydrogens is 387 g/mol. The van der Waals surface area contributed by atoms with E-state index in [0.717, 1.165) is 5.56 Å². The topological polar surface area (TPSA) is 80.9 Å². The number of carbonyl (C=O) groups excluding carboxylic acids is 1. The molecule has 0 spiro atoms. The maximum absolute atomic E-state index is 11.2. The van der Waals surface area contributed by atoms with Crippen LogP contribution in [0.15, 0.2) is 41.1 Å². The molecule has 0 aliphatic carbocycles. The second kappa shape index (κ2) is 7.82. The molecule has 2 heterocycles. The van der Waals surface area contributed by atoms with Gasteiger partial charge in [-0.3, -0.25) is 4.79 Å². The van der Waals surface area contributed by atoms with Crippen molar-refractivity contribution in [1.29, 1.82) is 0 Å². The lowest BCUT2D eigenvalue weighted by atomic mass is 10.1. The third-order valence-corrected chi connectivity index (χ3v) is 4.20. The van der Waals surface area contributed by atoms with Crippen LogP contribution < -0.4 is 5.32 Å². The summed E-state index contributed by atoms with van der Waals surface area (Å²) >= 11 is 17.3. The Morgan fingerprint density at radius 3 is 2.68 bits per heavy atom. The first kappa shape index (κ1) is 17.7. The highest BCUT2D eigenvalue weighted by atomic mass is 35.5. The predicted octanol–water partition coefficient (Wildman–Crippen LogP) is 4.21. The molecule has 0 unspecified atom stereocenters. The summed E-state index contributed by atoms with van der Waals surface area (Å²) in [5.74, 6) is 0.775.